The van der Waals surface area contributed by atoms with Gasteiger partial charge in [0.15, 0.2) is 0 Å². The van der Waals surface area contributed by atoms with Crippen LogP contribution in [0.2, 0.25) is 0 Å². The molecular weight excluding hydrogens is 126 g/mol. The summed E-state index contributed by atoms with van der Waals surface area (Å²) in [6.07, 6.45) is 0. The Morgan fingerprint density at radius 2 is 2.00 bits per heavy atom. The standard InChI is InChI=1S/C7H15N3/c1-10-2-5-6(3-10)7(5,9)4-8/h5-6H,2-4,8-9H2,1H3/t5-,6+,7-. The minimum atomic E-state index is 0.0203. The van der Waals surface area contributed by atoms with Gasteiger partial charge < -0.3 is 16.4 Å². The smallest absolute Gasteiger partial charge is 0.0368 e. The molecule has 0 spiro atoms. The second-order valence-corrected chi connectivity index (χ2v) is 3.75. The van der Waals surface area contributed by atoms with Crippen molar-refractivity contribution in [3.05, 3.63) is 0 Å². The Labute approximate surface area is 61.4 Å². The molecule has 4 N–H and O–H groups in total. The van der Waals surface area contributed by atoms with E-state index in [2.05, 4.69) is 11.9 Å². The molecule has 2 rings (SSSR count). The highest BCUT2D eigenvalue weighted by atomic mass is 15.2. The lowest BCUT2D eigenvalue weighted by molar-refractivity contribution is 0.327. The lowest BCUT2D eigenvalue weighted by Gasteiger charge is -2.18. The zero-order valence-corrected chi connectivity index (χ0v) is 6.38. The zero-order chi connectivity index (χ0) is 7.35. The van der Waals surface area contributed by atoms with Gasteiger partial charge in [-0.05, 0) is 18.9 Å². The fourth-order valence-corrected chi connectivity index (χ4v) is 2.27. The molecule has 0 unspecified atom stereocenters. The van der Waals surface area contributed by atoms with E-state index >= 15 is 0 Å². The van der Waals surface area contributed by atoms with Crippen LogP contribution in [0, 0.1) is 11.8 Å². The fourth-order valence-electron chi connectivity index (χ4n) is 2.27. The van der Waals surface area contributed by atoms with Crippen molar-refractivity contribution in [2.24, 2.45) is 23.3 Å². The highest BCUT2D eigenvalue weighted by Crippen LogP contribution is 2.52. The van der Waals surface area contributed by atoms with Gasteiger partial charge in [-0.2, -0.15) is 0 Å². The van der Waals surface area contributed by atoms with Gasteiger partial charge in [-0.3, -0.25) is 0 Å². The van der Waals surface area contributed by atoms with E-state index in [-0.39, 0.29) is 5.54 Å². The van der Waals surface area contributed by atoms with Crippen LogP contribution in [0.4, 0.5) is 0 Å². The van der Waals surface area contributed by atoms with Gasteiger partial charge in [0.25, 0.3) is 0 Å². The molecule has 10 heavy (non-hydrogen) atoms. The Morgan fingerprint density at radius 1 is 1.50 bits per heavy atom. The molecule has 1 saturated heterocycles. The van der Waals surface area contributed by atoms with Gasteiger partial charge in [0.2, 0.25) is 0 Å². The van der Waals surface area contributed by atoms with Crippen LogP contribution in [0.3, 0.4) is 0 Å². The zero-order valence-electron chi connectivity index (χ0n) is 6.38. The van der Waals surface area contributed by atoms with E-state index in [9.17, 15) is 0 Å². The van der Waals surface area contributed by atoms with Crippen LogP contribution < -0.4 is 11.5 Å². The van der Waals surface area contributed by atoms with E-state index in [1.165, 1.54) is 0 Å². The Balaban J connectivity index is 2.02. The van der Waals surface area contributed by atoms with Crippen molar-refractivity contribution in [3.8, 4) is 0 Å². The summed E-state index contributed by atoms with van der Waals surface area (Å²) in [7, 11) is 2.14. The number of piperidine rings is 1. The molecule has 3 atom stereocenters. The Bertz CT molecular complexity index is 145. The summed E-state index contributed by atoms with van der Waals surface area (Å²) in [6.45, 7) is 2.97. The highest BCUT2D eigenvalue weighted by molar-refractivity contribution is 5.21. The fraction of sp³-hybridized carbons (Fsp3) is 1.00. The van der Waals surface area contributed by atoms with Crippen LogP contribution in [0.1, 0.15) is 0 Å². The van der Waals surface area contributed by atoms with Crippen LogP contribution in [0.5, 0.6) is 0 Å². The lowest BCUT2D eigenvalue weighted by atomic mass is 10.2. The van der Waals surface area contributed by atoms with Crippen LogP contribution in [0.15, 0.2) is 0 Å². The van der Waals surface area contributed by atoms with Crippen LogP contribution in [0.25, 0.3) is 0 Å². The predicted molar refractivity (Wildman–Crippen MR) is 40.4 cm³/mol. The van der Waals surface area contributed by atoms with Crippen LogP contribution in [-0.2, 0) is 0 Å². The van der Waals surface area contributed by atoms with E-state index in [1.54, 1.807) is 0 Å². The van der Waals surface area contributed by atoms with Crippen molar-refractivity contribution in [3.63, 3.8) is 0 Å². The molecule has 0 radical (unpaired) electrons. The minimum absolute atomic E-state index is 0.0203. The summed E-state index contributed by atoms with van der Waals surface area (Å²) in [4.78, 5) is 2.33. The van der Waals surface area contributed by atoms with E-state index in [0.717, 1.165) is 13.1 Å². The average Bonchev–Trinajstić information content (AvgIpc) is 2.28. The third kappa shape index (κ3) is 0.603. The number of nitrogens with two attached hydrogens (primary N) is 2. The van der Waals surface area contributed by atoms with Gasteiger partial charge in [0, 0.05) is 25.2 Å². The summed E-state index contributed by atoms with van der Waals surface area (Å²) < 4.78 is 0. The molecule has 1 saturated carbocycles. The molecule has 1 aliphatic carbocycles. The first-order valence-electron chi connectivity index (χ1n) is 3.86. The molecule has 0 aromatic carbocycles. The Kier molecular flexibility index (Phi) is 1.14. The van der Waals surface area contributed by atoms with Gasteiger partial charge in [0.05, 0.1) is 0 Å². The van der Waals surface area contributed by atoms with Crippen LogP contribution in [-0.4, -0.2) is 37.1 Å². The monoisotopic (exact) mass is 141 g/mol. The molecule has 58 valence electrons. The molecule has 0 bridgehead atoms. The number of rotatable bonds is 1. The molecule has 0 aromatic rings. The highest BCUT2D eigenvalue weighted by Gasteiger charge is 2.64. The molecule has 0 amide bonds. The van der Waals surface area contributed by atoms with Crippen LogP contribution >= 0.6 is 0 Å². The lowest BCUT2D eigenvalue weighted by Crippen LogP contribution is -2.42. The molecular formula is C7H15N3. The van der Waals surface area contributed by atoms with Crippen molar-refractivity contribution in [2.75, 3.05) is 26.7 Å². The number of fused-ring (bicyclic) bond motifs is 1. The van der Waals surface area contributed by atoms with E-state index in [4.69, 9.17) is 11.5 Å². The topological polar surface area (TPSA) is 55.3 Å². The second kappa shape index (κ2) is 1.72. The first-order chi connectivity index (χ1) is 4.68. The maximum atomic E-state index is 6.01. The van der Waals surface area contributed by atoms with Gasteiger partial charge in [0.1, 0.15) is 0 Å². The quantitative estimate of drug-likeness (QED) is 0.484. The van der Waals surface area contributed by atoms with Gasteiger partial charge in [-0.1, -0.05) is 0 Å². The largest absolute Gasteiger partial charge is 0.329 e. The number of likely N-dealkylation sites (tertiary alicyclic amines) is 1. The summed E-state index contributed by atoms with van der Waals surface area (Å²) in [6, 6.07) is 0. The van der Waals surface area contributed by atoms with Crippen molar-refractivity contribution in [2.45, 2.75) is 5.54 Å². The van der Waals surface area contributed by atoms with E-state index < -0.39 is 0 Å². The van der Waals surface area contributed by atoms with E-state index in [0.29, 0.717) is 18.4 Å². The second-order valence-electron chi connectivity index (χ2n) is 3.75. The normalized spacial score (nSPS) is 53.1. The van der Waals surface area contributed by atoms with Crippen molar-refractivity contribution < 1.29 is 0 Å². The first kappa shape index (κ1) is 6.58. The number of nitrogens with zero attached hydrogens (tertiary/aromatic N) is 1. The van der Waals surface area contributed by atoms with Gasteiger partial charge in [-0.25, -0.2) is 0 Å². The van der Waals surface area contributed by atoms with Crippen molar-refractivity contribution in [1.29, 1.82) is 0 Å². The minimum Gasteiger partial charge on any atom is -0.329 e. The Hall–Kier alpha value is -0.120. The van der Waals surface area contributed by atoms with Crippen molar-refractivity contribution in [1.82, 2.24) is 4.90 Å². The summed E-state index contributed by atoms with van der Waals surface area (Å²) in [5.74, 6) is 1.39. The maximum Gasteiger partial charge on any atom is 0.0368 e. The van der Waals surface area contributed by atoms with E-state index in [1.807, 2.05) is 0 Å². The first-order valence-corrected chi connectivity index (χ1v) is 3.86. The molecule has 3 heteroatoms. The maximum absolute atomic E-state index is 6.01. The third-order valence-electron chi connectivity index (χ3n) is 3.13. The van der Waals surface area contributed by atoms with Gasteiger partial charge >= 0.3 is 0 Å². The summed E-state index contributed by atoms with van der Waals surface area (Å²) in [5.41, 5.74) is 11.6. The average molecular weight is 141 g/mol. The van der Waals surface area contributed by atoms with Crippen molar-refractivity contribution >= 4 is 0 Å². The molecule has 1 aliphatic heterocycles. The molecule has 2 aliphatic rings. The third-order valence-corrected chi connectivity index (χ3v) is 3.13. The number of hydrogen-bond donors (Lipinski definition) is 2. The SMILES string of the molecule is CN1C[C@@H]2[C@H](C1)[C@@]2(N)CN. The Morgan fingerprint density at radius 3 is 2.40 bits per heavy atom. The molecule has 0 aromatic heterocycles. The summed E-state index contributed by atoms with van der Waals surface area (Å²) >= 11 is 0. The molecule has 2 fully saturated rings. The number of hydrogen-bond acceptors (Lipinski definition) is 3. The molecule has 3 nitrogen and oxygen atoms in total. The summed E-state index contributed by atoms with van der Waals surface area (Å²) in [5, 5.41) is 0. The predicted octanol–water partition coefficient (Wildman–Crippen LogP) is -1.17. The molecule has 1 heterocycles. The van der Waals surface area contributed by atoms with Gasteiger partial charge in [-0.15, -0.1) is 0 Å².